The third-order valence-electron chi connectivity index (χ3n) is 2.61. The van der Waals surface area contributed by atoms with E-state index in [1.54, 1.807) is 0 Å². The maximum Gasteiger partial charge on any atom is 0.115 e. The quantitative estimate of drug-likeness (QED) is 0.704. The number of allylic oxidation sites excluding steroid dienone is 3. The van der Waals surface area contributed by atoms with Crippen molar-refractivity contribution < 1.29 is 9.84 Å². The standard InChI is InChI=1S/C11H17NO2/c13-10-6-9(12-7-10)8-14-11-4-2-1-3-5-11/h2,4-5,9-10,12-13H,1,3,6-8H2/t9-,10?/m0/s1. The average Bonchev–Trinajstić information content (AvgIpc) is 2.63. The molecule has 1 aliphatic heterocycles. The number of aliphatic hydroxyl groups excluding tert-OH is 1. The van der Waals surface area contributed by atoms with Crippen LogP contribution in [0.1, 0.15) is 19.3 Å². The third-order valence-corrected chi connectivity index (χ3v) is 2.61. The van der Waals surface area contributed by atoms with Gasteiger partial charge in [0, 0.05) is 12.6 Å². The van der Waals surface area contributed by atoms with Gasteiger partial charge in [-0.2, -0.15) is 0 Å². The van der Waals surface area contributed by atoms with Gasteiger partial charge in [0.05, 0.1) is 6.10 Å². The summed E-state index contributed by atoms with van der Waals surface area (Å²) in [5.41, 5.74) is 0. The van der Waals surface area contributed by atoms with Gasteiger partial charge in [0.25, 0.3) is 0 Å². The Labute approximate surface area is 84.5 Å². The van der Waals surface area contributed by atoms with Gasteiger partial charge in [0.15, 0.2) is 0 Å². The van der Waals surface area contributed by atoms with E-state index in [-0.39, 0.29) is 6.10 Å². The van der Waals surface area contributed by atoms with E-state index in [0.717, 1.165) is 25.0 Å². The number of hydrogen-bond acceptors (Lipinski definition) is 3. The molecule has 1 saturated heterocycles. The van der Waals surface area contributed by atoms with Crippen molar-refractivity contribution in [1.29, 1.82) is 0 Å². The summed E-state index contributed by atoms with van der Waals surface area (Å²) in [6.45, 7) is 1.36. The molecule has 0 aromatic rings. The molecular formula is C11H17NO2. The van der Waals surface area contributed by atoms with Crippen LogP contribution in [0.2, 0.25) is 0 Å². The number of ether oxygens (including phenoxy) is 1. The lowest BCUT2D eigenvalue weighted by Crippen LogP contribution is -2.26. The summed E-state index contributed by atoms with van der Waals surface area (Å²) in [5.74, 6) is 0.972. The Hall–Kier alpha value is -0.800. The second-order valence-electron chi connectivity index (χ2n) is 3.89. The van der Waals surface area contributed by atoms with Crippen molar-refractivity contribution in [3.05, 3.63) is 24.0 Å². The maximum atomic E-state index is 9.29. The van der Waals surface area contributed by atoms with Crippen molar-refractivity contribution in [3.63, 3.8) is 0 Å². The average molecular weight is 195 g/mol. The van der Waals surface area contributed by atoms with E-state index in [1.165, 1.54) is 0 Å². The zero-order valence-corrected chi connectivity index (χ0v) is 8.28. The van der Waals surface area contributed by atoms with Gasteiger partial charge in [-0.1, -0.05) is 6.08 Å². The summed E-state index contributed by atoms with van der Waals surface area (Å²) in [5, 5.41) is 12.5. The Morgan fingerprint density at radius 3 is 3.07 bits per heavy atom. The summed E-state index contributed by atoms with van der Waals surface area (Å²) in [4.78, 5) is 0. The van der Waals surface area contributed by atoms with Crippen LogP contribution in [-0.4, -0.2) is 30.4 Å². The van der Waals surface area contributed by atoms with E-state index in [2.05, 4.69) is 17.5 Å². The summed E-state index contributed by atoms with van der Waals surface area (Å²) in [6, 6.07) is 0.307. The fourth-order valence-electron chi connectivity index (χ4n) is 1.82. The zero-order valence-electron chi connectivity index (χ0n) is 8.28. The Morgan fingerprint density at radius 1 is 1.50 bits per heavy atom. The molecule has 0 spiro atoms. The molecule has 3 nitrogen and oxygen atoms in total. The van der Waals surface area contributed by atoms with E-state index >= 15 is 0 Å². The molecule has 0 bridgehead atoms. The van der Waals surface area contributed by atoms with E-state index in [1.807, 2.05) is 6.08 Å². The summed E-state index contributed by atoms with van der Waals surface area (Å²) >= 11 is 0. The largest absolute Gasteiger partial charge is 0.492 e. The molecule has 2 atom stereocenters. The lowest BCUT2D eigenvalue weighted by Gasteiger charge is -2.14. The predicted octanol–water partition coefficient (Wildman–Crippen LogP) is 0.960. The Bertz CT molecular complexity index is 248. The minimum atomic E-state index is -0.195. The van der Waals surface area contributed by atoms with Gasteiger partial charge in [-0.3, -0.25) is 0 Å². The second kappa shape index (κ2) is 4.62. The van der Waals surface area contributed by atoms with E-state index in [9.17, 15) is 5.11 Å². The van der Waals surface area contributed by atoms with Crippen LogP contribution in [-0.2, 0) is 4.74 Å². The Balaban J connectivity index is 1.72. The van der Waals surface area contributed by atoms with Crippen LogP contribution in [0.3, 0.4) is 0 Å². The third kappa shape index (κ3) is 2.59. The molecule has 14 heavy (non-hydrogen) atoms. The first-order valence-electron chi connectivity index (χ1n) is 5.25. The number of rotatable bonds is 3. The molecule has 0 aromatic carbocycles. The minimum Gasteiger partial charge on any atom is -0.492 e. The molecule has 0 radical (unpaired) electrons. The van der Waals surface area contributed by atoms with Gasteiger partial charge >= 0.3 is 0 Å². The van der Waals surface area contributed by atoms with Gasteiger partial charge in [-0.15, -0.1) is 0 Å². The molecule has 2 N–H and O–H groups in total. The molecule has 0 aromatic heterocycles. The van der Waals surface area contributed by atoms with Gasteiger partial charge in [-0.25, -0.2) is 0 Å². The first-order valence-corrected chi connectivity index (χ1v) is 5.25. The topological polar surface area (TPSA) is 41.5 Å². The molecule has 2 aliphatic rings. The molecule has 0 amide bonds. The van der Waals surface area contributed by atoms with Gasteiger partial charge in [-0.05, 0) is 31.4 Å². The Kier molecular flexibility index (Phi) is 3.22. The van der Waals surface area contributed by atoms with Gasteiger partial charge < -0.3 is 15.2 Å². The van der Waals surface area contributed by atoms with Crippen LogP contribution in [0.5, 0.6) is 0 Å². The molecule has 0 saturated carbocycles. The molecule has 78 valence electrons. The second-order valence-corrected chi connectivity index (χ2v) is 3.89. The Morgan fingerprint density at radius 2 is 2.43 bits per heavy atom. The van der Waals surface area contributed by atoms with Gasteiger partial charge in [0.2, 0.25) is 0 Å². The van der Waals surface area contributed by atoms with Crippen LogP contribution in [0.25, 0.3) is 0 Å². The first-order chi connectivity index (χ1) is 6.84. The van der Waals surface area contributed by atoms with Crippen molar-refractivity contribution in [2.75, 3.05) is 13.2 Å². The molecule has 1 unspecified atom stereocenters. The van der Waals surface area contributed by atoms with Crippen LogP contribution in [0.15, 0.2) is 24.0 Å². The molecule has 3 heteroatoms. The van der Waals surface area contributed by atoms with E-state index in [0.29, 0.717) is 19.2 Å². The summed E-state index contributed by atoms with van der Waals surface area (Å²) in [7, 11) is 0. The summed E-state index contributed by atoms with van der Waals surface area (Å²) < 4.78 is 5.62. The number of nitrogens with one attached hydrogen (secondary N) is 1. The minimum absolute atomic E-state index is 0.195. The fraction of sp³-hybridized carbons (Fsp3) is 0.636. The smallest absolute Gasteiger partial charge is 0.115 e. The molecule has 1 heterocycles. The highest BCUT2D eigenvalue weighted by molar-refractivity contribution is 5.16. The highest BCUT2D eigenvalue weighted by atomic mass is 16.5. The van der Waals surface area contributed by atoms with Crippen LogP contribution < -0.4 is 5.32 Å². The SMILES string of the molecule is OC1CN[C@H](COC2=CCCC=C2)C1. The molecular weight excluding hydrogens is 178 g/mol. The van der Waals surface area contributed by atoms with Crippen LogP contribution in [0.4, 0.5) is 0 Å². The monoisotopic (exact) mass is 195 g/mol. The normalized spacial score (nSPS) is 31.6. The lowest BCUT2D eigenvalue weighted by molar-refractivity contribution is 0.170. The van der Waals surface area contributed by atoms with Crippen molar-refractivity contribution in [1.82, 2.24) is 5.32 Å². The lowest BCUT2D eigenvalue weighted by atomic mass is 10.2. The van der Waals surface area contributed by atoms with Crippen molar-refractivity contribution in [3.8, 4) is 0 Å². The van der Waals surface area contributed by atoms with Crippen LogP contribution >= 0.6 is 0 Å². The zero-order chi connectivity index (χ0) is 9.80. The molecule has 2 rings (SSSR count). The maximum absolute atomic E-state index is 9.29. The van der Waals surface area contributed by atoms with Crippen molar-refractivity contribution in [2.24, 2.45) is 0 Å². The van der Waals surface area contributed by atoms with E-state index < -0.39 is 0 Å². The molecule has 1 fully saturated rings. The molecule has 1 aliphatic carbocycles. The number of hydrogen-bond donors (Lipinski definition) is 2. The first kappa shape index (κ1) is 9.74. The summed E-state index contributed by atoms with van der Waals surface area (Å²) in [6.07, 6.45) is 9.07. The highest BCUT2D eigenvalue weighted by Gasteiger charge is 2.22. The fourth-order valence-corrected chi connectivity index (χ4v) is 1.82. The van der Waals surface area contributed by atoms with Crippen molar-refractivity contribution in [2.45, 2.75) is 31.4 Å². The number of β-amino-alcohol motifs (C(OH)–C–C–N with tert-alkyl or cyclic N) is 1. The highest BCUT2D eigenvalue weighted by Crippen LogP contribution is 2.13. The van der Waals surface area contributed by atoms with E-state index in [4.69, 9.17) is 4.74 Å². The number of aliphatic hydroxyl groups is 1. The van der Waals surface area contributed by atoms with Crippen LogP contribution in [0, 0.1) is 0 Å². The van der Waals surface area contributed by atoms with Crippen molar-refractivity contribution >= 4 is 0 Å². The predicted molar refractivity (Wildman–Crippen MR) is 54.8 cm³/mol. The van der Waals surface area contributed by atoms with Gasteiger partial charge in [0.1, 0.15) is 12.4 Å².